The van der Waals surface area contributed by atoms with Crippen molar-refractivity contribution in [1.29, 1.82) is 0 Å². The summed E-state index contributed by atoms with van der Waals surface area (Å²) in [6, 6.07) is 13.9. The van der Waals surface area contributed by atoms with Crippen LogP contribution in [0.25, 0.3) is 0 Å². The quantitative estimate of drug-likeness (QED) is 0.570. The zero-order valence-electron chi connectivity index (χ0n) is 20.8. The molecule has 2 aromatic carbocycles. The molecule has 3 amide bonds. The average molecular weight is 480 g/mol. The van der Waals surface area contributed by atoms with Gasteiger partial charge in [-0.2, -0.15) is 0 Å². The molecule has 0 saturated heterocycles. The van der Waals surface area contributed by atoms with Crippen LogP contribution in [0.4, 0.5) is 4.79 Å². The number of carbonyl (C=O) groups excluding carboxylic acids is 2. The van der Waals surface area contributed by atoms with Gasteiger partial charge in [-0.05, 0) is 48.1 Å². The van der Waals surface area contributed by atoms with Crippen LogP contribution < -0.4 is 20.1 Å². The average Bonchev–Trinajstić information content (AvgIpc) is 3.16. The molecule has 1 aliphatic heterocycles. The molecule has 7 nitrogen and oxygen atoms in total. The zero-order valence-corrected chi connectivity index (χ0v) is 20.8. The number of hydrogen-bond acceptors (Lipinski definition) is 4. The van der Waals surface area contributed by atoms with Gasteiger partial charge in [-0.1, -0.05) is 56.0 Å². The summed E-state index contributed by atoms with van der Waals surface area (Å²) in [5.41, 5.74) is 3.20. The predicted octanol–water partition coefficient (Wildman–Crippen LogP) is 4.59. The van der Waals surface area contributed by atoms with Crippen LogP contribution in [0, 0.1) is 0 Å². The summed E-state index contributed by atoms with van der Waals surface area (Å²) >= 11 is 0. The van der Waals surface area contributed by atoms with Crippen LogP contribution in [0.5, 0.6) is 11.5 Å². The minimum Gasteiger partial charge on any atom is -0.493 e. The third-order valence-electron chi connectivity index (χ3n) is 7.10. The highest BCUT2D eigenvalue weighted by atomic mass is 16.5. The molecule has 1 fully saturated rings. The van der Waals surface area contributed by atoms with E-state index in [9.17, 15) is 9.59 Å². The standard InChI is InChI=1S/C28H37N3O4/c1-34-24-18-21-15-17-31(27(20-10-6-5-7-11-20)23(21)19-25(24)35-2)28(33)29-16-14-26(32)30-22-12-8-3-4-9-13-22/h5-7,10-11,18-19,22,27H,3-4,8-9,12-17H2,1-2H3,(H,29,33)(H,30,32)/t27-/m0/s1. The van der Waals surface area contributed by atoms with Crippen LogP contribution in [-0.2, 0) is 11.2 Å². The Bertz CT molecular complexity index is 1000. The lowest BCUT2D eigenvalue weighted by molar-refractivity contribution is -0.121. The highest BCUT2D eigenvalue weighted by Gasteiger charge is 2.33. The van der Waals surface area contributed by atoms with Gasteiger partial charge in [0, 0.05) is 25.6 Å². The fourth-order valence-electron chi connectivity index (χ4n) is 5.27. The molecule has 0 bridgehead atoms. The molecule has 2 aromatic rings. The van der Waals surface area contributed by atoms with Crippen molar-refractivity contribution in [3.63, 3.8) is 0 Å². The number of urea groups is 1. The summed E-state index contributed by atoms with van der Waals surface area (Å²) < 4.78 is 11.1. The minimum atomic E-state index is -0.250. The highest BCUT2D eigenvalue weighted by Crippen LogP contribution is 2.41. The van der Waals surface area contributed by atoms with Crippen molar-refractivity contribution >= 4 is 11.9 Å². The van der Waals surface area contributed by atoms with Gasteiger partial charge in [0.1, 0.15) is 0 Å². The largest absolute Gasteiger partial charge is 0.493 e. The monoisotopic (exact) mass is 479 g/mol. The molecule has 0 unspecified atom stereocenters. The van der Waals surface area contributed by atoms with Crippen LogP contribution in [0.2, 0.25) is 0 Å². The molecule has 1 heterocycles. The smallest absolute Gasteiger partial charge is 0.318 e. The summed E-state index contributed by atoms with van der Waals surface area (Å²) in [6.07, 6.45) is 7.97. The fraction of sp³-hybridized carbons (Fsp3) is 0.500. The van der Waals surface area contributed by atoms with Gasteiger partial charge in [0.25, 0.3) is 0 Å². The van der Waals surface area contributed by atoms with Crippen LogP contribution in [0.1, 0.15) is 67.7 Å². The van der Waals surface area contributed by atoms with E-state index >= 15 is 0 Å². The van der Waals surface area contributed by atoms with Crippen LogP contribution >= 0.6 is 0 Å². The molecule has 35 heavy (non-hydrogen) atoms. The Morgan fingerprint density at radius 2 is 1.66 bits per heavy atom. The van der Waals surface area contributed by atoms with Gasteiger partial charge in [0.05, 0.1) is 20.3 Å². The summed E-state index contributed by atoms with van der Waals surface area (Å²) in [4.78, 5) is 27.6. The number of nitrogens with zero attached hydrogens (tertiary/aromatic N) is 1. The molecule has 1 saturated carbocycles. The fourth-order valence-corrected chi connectivity index (χ4v) is 5.27. The molecule has 1 atom stereocenters. The van der Waals surface area contributed by atoms with E-state index in [0.717, 1.165) is 29.5 Å². The molecule has 0 aromatic heterocycles. The van der Waals surface area contributed by atoms with Gasteiger partial charge in [-0.3, -0.25) is 4.79 Å². The number of carbonyl (C=O) groups is 2. The van der Waals surface area contributed by atoms with Crippen molar-refractivity contribution < 1.29 is 19.1 Å². The molecular weight excluding hydrogens is 442 g/mol. The molecule has 7 heteroatoms. The van der Waals surface area contributed by atoms with Crippen molar-refractivity contribution in [2.45, 2.75) is 63.5 Å². The van der Waals surface area contributed by atoms with Gasteiger partial charge in [0.15, 0.2) is 11.5 Å². The SMILES string of the molecule is COc1cc2c(cc1OC)[C@H](c1ccccc1)N(C(=O)NCCC(=O)NC1CCCCCC1)CC2. The number of benzene rings is 2. The van der Waals surface area contributed by atoms with Crippen LogP contribution in [0.15, 0.2) is 42.5 Å². The number of fused-ring (bicyclic) bond motifs is 1. The summed E-state index contributed by atoms with van der Waals surface area (Å²) in [5, 5.41) is 6.14. The maximum Gasteiger partial charge on any atom is 0.318 e. The van der Waals surface area contributed by atoms with Gasteiger partial charge in [-0.15, -0.1) is 0 Å². The Labute approximate surface area is 208 Å². The molecule has 0 radical (unpaired) electrons. The second-order valence-electron chi connectivity index (χ2n) is 9.40. The Balaban J connectivity index is 1.45. The number of hydrogen-bond donors (Lipinski definition) is 2. The Morgan fingerprint density at radius 1 is 0.971 bits per heavy atom. The number of nitrogens with one attached hydrogen (secondary N) is 2. The Hall–Kier alpha value is -3.22. The molecule has 4 rings (SSSR count). The van der Waals surface area contributed by atoms with E-state index in [1.165, 1.54) is 25.7 Å². The van der Waals surface area contributed by atoms with Crippen molar-refractivity contribution in [3.05, 3.63) is 59.2 Å². The van der Waals surface area contributed by atoms with Crippen molar-refractivity contribution in [3.8, 4) is 11.5 Å². The molecular formula is C28H37N3O4. The minimum absolute atomic E-state index is 0.0117. The van der Waals surface area contributed by atoms with Gasteiger partial charge < -0.3 is 25.0 Å². The van der Waals surface area contributed by atoms with E-state index in [0.29, 0.717) is 31.0 Å². The highest BCUT2D eigenvalue weighted by molar-refractivity contribution is 5.79. The zero-order chi connectivity index (χ0) is 24.6. The Morgan fingerprint density at radius 3 is 2.34 bits per heavy atom. The number of rotatable bonds is 7. The van der Waals surface area contributed by atoms with E-state index in [-0.39, 0.29) is 30.4 Å². The van der Waals surface area contributed by atoms with Crippen LogP contribution in [-0.4, -0.2) is 50.2 Å². The molecule has 188 valence electrons. The first-order valence-electron chi connectivity index (χ1n) is 12.7. The first kappa shape index (κ1) is 24.9. The third-order valence-corrected chi connectivity index (χ3v) is 7.10. The topological polar surface area (TPSA) is 79.9 Å². The lowest BCUT2D eigenvalue weighted by Gasteiger charge is -2.38. The van der Waals surface area contributed by atoms with E-state index in [2.05, 4.69) is 10.6 Å². The first-order chi connectivity index (χ1) is 17.1. The number of methoxy groups -OCH3 is 2. The summed E-state index contributed by atoms with van der Waals surface area (Å²) in [6.45, 7) is 0.885. The maximum absolute atomic E-state index is 13.3. The number of ether oxygens (including phenoxy) is 2. The van der Waals surface area contributed by atoms with Crippen LogP contribution in [0.3, 0.4) is 0 Å². The lowest BCUT2D eigenvalue weighted by atomic mass is 9.88. The second kappa shape index (κ2) is 12.0. The second-order valence-corrected chi connectivity index (χ2v) is 9.40. The van der Waals surface area contributed by atoms with E-state index < -0.39 is 0 Å². The molecule has 2 aliphatic rings. The number of amides is 3. The predicted molar refractivity (Wildman–Crippen MR) is 136 cm³/mol. The molecule has 1 aliphatic carbocycles. The third kappa shape index (κ3) is 6.08. The van der Waals surface area contributed by atoms with Crippen molar-refractivity contribution in [2.24, 2.45) is 0 Å². The lowest BCUT2D eigenvalue weighted by Crippen LogP contribution is -2.47. The van der Waals surface area contributed by atoms with Gasteiger partial charge in [0.2, 0.25) is 5.91 Å². The van der Waals surface area contributed by atoms with E-state index in [1.54, 1.807) is 14.2 Å². The van der Waals surface area contributed by atoms with Crippen molar-refractivity contribution in [1.82, 2.24) is 15.5 Å². The van der Waals surface area contributed by atoms with Gasteiger partial charge in [-0.25, -0.2) is 4.79 Å². The van der Waals surface area contributed by atoms with E-state index in [1.807, 2.05) is 47.4 Å². The first-order valence-corrected chi connectivity index (χ1v) is 12.7. The molecule has 0 spiro atoms. The van der Waals surface area contributed by atoms with Crippen molar-refractivity contribution in [2.75, 3.05) is 27.3 Å². The van der Waals surface area contributed by atoms with Gasteiger partial charge >= 0.3 is 6.03 Å². The molecule has 2 N–H and O–H groups in total. The summed E-state index contributed by atoms with van der Waals surface area (Å²) in [5.74, 6) is 1.35. The summed E-state index contributed by atoms with van der Waals surface area (Å²) in [7, 11) is 3.25. The maximum atomic E-state index is 13.3. The Kier molecular flexibility index (Phi) is 8.50. The normalized spacial score (nSPS) is 18.2. The van der Waals surface area contributed by atoms with E-state index in [4.69, 9.17) is 9.47 Å².